The molecule has 20 N–H and O–H groups in total. The maximum absolute atomic E-state index is 14.7. The van der Waals surface area contributed by atoms with Gasteiger partial charge in [0.15, 0.2) is 21.4 Å². The highest BCUT2D eigenvalue weighted by molar-refractivity contribution is 7.91. The first-order chi connectivity index (χ1) is 56.5. The number of nitriles is 1. The number of H-pyrrole nitrogens is 2. The minimum atomic E-state index is -4.86. The summed E-state index contributed by atoms with van der Waals surface area (Å²) in [4.78, 5) is 172. The number of likely N-dealkylation sites (N-methyl/N-ethyl adjacent to an activating group) is 1. The minimum Gasteiger partial charge on any atom is -0.508 e. The third-order valence-corrected chi connectivity index (χ3v) is 20.7. The van der Waals surface area contributed by atoms with Crippen LogP contribution >= 0.6 is 0 Å². The van der Waals surface area contributed by atoms with E-state index in [4.69, 9.17) is 26.3 Å². The van der Waals surface area contributed by atoms with E-state index in [2.05, 4.69) is 68.1 Å². The number of aromatic nitrogens is 3. The van der Waals surface area contributed by atoms with Crippen molar-refractivity contribution in [2.75, 3.05) is 37.3 Å². The molecule has 650 valence electrons. The number of aliphatic hydroxyl groups is 2. The van der Waals surface area contributed by atoms with Gasteiger partial charge in [-0.25, -0.2) is 17.8 Å². The molecule has 11 amide bonds. The second-order valence-corrected chi connectivity index (χ2v) is 31.6. The maximum atomic E-state index is 14.7. The number of para-hydroxylation sites is 1. The number of amides is 11. The fraction of sp³-hybridized carbons (Fsp3) is 0.456. The summed E-state index contributed by atoms with van der Waals surface area (Å²) in [6.45, 7) is 10.8. The summed E-state index contributed by atoms with van der Waals surface area (Å²) in [7, 11) is -4.21. The van der Waals surface area contributed by atoms with Crippen LogP contribution in [0.25, 0.3) is 10.9 Å². The number of carboxylic acid groups (broad SMARTS) is 1. The number of aliphatic carboxylic acids is 1. The lowest BCUT2D eigenvalue weighted by molar-refractivity contribution is -0.142. The van der Waals surface area contributed by atoms with E-state index in [1.165, 1.54) is 47.8 Å². The normalized spacial score (nSPS) is 16.0. The lowest BCUT2D eigenvalue weighted by Gasteiger charge is -2.31. The van der Waals surface area contributed by atoms with Crippen molar-refractivity contribution in [3.63, 3.8) is 0 Å². The molecule has 0 radical (unpaired) electrons. The number of rotatable bonds is 37. The highest BCUT2D eigenvalue weighted by Crippen LogP contribution is 2.34. The number of nitrogens with one attached hydrogen (secondary N) is 14. The van der Waals surface area contributed by atoms with Crippen LogP contribution in [0.4, 0.5) is 23.2 Å². The number of carbonyl (C=O) groups is 12. The zero-order valence-corrected chi connectivity index (χ0v) is 67.7. The number of fused-ring (bicyclic) bond motifs is 1. The molecular formula is C79H102F4N18O18S. The number of imidazole rings is 1. The number of aromatic hydroxyl groups is 1. The number of hydrogen-bond donors (Lipinski definition) is 19. The van der Waals surface area contributed by atoms with Gasteiger partial charge < -0.3 is 99.5 Å². The predicted molar refractivity (Wildman–Crippen MR) is 427 cm³/mol. The lowest BCUT2D eigenvalue weighted by atomic mass is 9.98. The summed E-state index contributed by atoms with van der Waals surface area (Å²) in [5.41, 5.74) is 2.83. The van der Waals surface area contributed by atoms with Gasteiger partial charge in [0.1, 0.15) is 65.9 Å². The standard InChI is InChI=1S/C59H84N16O12.C18H14F4N2O4S.C2H4O2/c1-6-63-57(86)48-14-10-22-75(48)58(87)41(13-9-21-64-59(60)61)68-51(80)42(23-32(2)3)69-52(81)43(24-33(4)5)70-53(82)44(25-34-15-17-37(77)18-16-34)71-56(85)47(30-76)74-54(83)45(26-35-28-65-39-12-8-7-11-38(35)39)72-55(84)46(27-36-29-62-31-66-36)73-50(79)40-19-20-49(78)67-40;1-17(26,10-29(27,28)14-6-3-12(19)4-7-14)16(25)24-13-5-2-11(9-23)15(8-13)18(20,21)22;1-2(3)4/h7-8,11-12,15-18,28-29,31-33,40-48,65,76-77H,6,9-10,13-14,19-27,30H2,1-5H3,(H,62,66)(H,63,86)(H,67,78)(H,68,80)(H,69,81)(H,70,82)(H,71,85)(H,72,84)(H,73,79)(H,74,83)(H4,60,61,64);2-8,26H,10H2,1H3,(H,24,25);1H3,(H,3,4)/t40-,41-,42-,43+,44-,45-,46-,47-,48-;;/m0../s1. The third-order valence-electron chi connectivity index (χ3n) is 18.8. The van der Waals surface area contributed by atoms with Crippen molar-refractivity contribution in [2.24, 2.45) is 17.6 Å². The number of sulfone groups is 1. The van der Waals surface area contributed by atoms with E-state index >= 15 is 0 Å². The Balaban J connectivity index is 0.000000561. The molecule has 0 saturated carbocycles. The van der Waals surface area contributed by atoms with Gasteiger partial charge in [0.05, 0.1) is 40.8 Å². The number of likely N-dealkylation sites (tertiary alicyclic amines) is 1. The molecule has 0 aliphatic carbocycles. The number of guanidine groups is 1. The first-order valence-electron chi connectivity index (χ1n) is 38.3. The molecule has 2 aliphatic rings. The van der Waals surface area contributed by atoms with Crippen LogP contribution in [0.1, 0.15) is 128 Å². The molecule has 2 aromatic heterocycles. The van der Waals surface area contributed by atoms with E-state index in [0.717, 1.165) is 55.8 Å². The molecule has 2 saturated heterocycles. The fourth-order valence-corrected chi connectivity index (χ4v) is 14.5. The Morgan fingerprint density at radius 1 is 0.733 bits per heavy atom. The van der Waals surface area contributed by atoms with Gasteiger partial charge in [-0.1, -0.05) is 58.0 Å². The number of anilines is 1. The van der Waals surface area contributed by atoms with E-state index in [-0.39, 0.29) is 110 Å². The second-order valence-electron chi connectivity index (χ2n) is 29.6. The van der Waals surface area contributed by atoms with Crippen LogP contribution in [-0.2, 0) is 92.8 Å². The van der Waals surface area contributed by atoms with Gasteiger partial charge in [0, 0.05) is 86.9 Å². The van der Waals surface area contributed by atoms with Crippen LogP contribution in [0.5, 0.6) is 5.75 Å². The molecule has 41 heteroatoms. The van der Waals surface area contributed by atoms with Crippen LogP contribution < -0.4 is 64.2 Å². The molecule has 0 spiro atoms. The van der Waals surface area contributed by atoms with Crippen LogP contribution in [0.15, 0.2) is 115 Å². The van der Waals surface area contributed by atoms with Crippen molar-refractivity contribution in [1.82, 2.24) is 73.0 Å². The van der Waals surface area contributed by atoms with Gasteiger partial charge >= 0.3 is 6.18 Å². The van der Waals surface area contributed by atoms with Crippen LogP contribution in [-0.4, -0.2) is 218 Å². The Morgan fingerprint density at radius 3 is 1.83 bits per heavy atom. The van der Waals surface area contributed by atoms with Crippen LogP contribution in [0, 0.1) is 34.4 Å². The summed E-state index contributed by atoms with van der Waals surface area (Å²) in [5.74, 6) is -11.6. The summed E-state index contributed by atoms with van der Waals surface area (Å²) in [6.07, 6.45) is 0.949. The summed E-state index contributed by atoms with van der Waals surface area (Å²) in [6, 6.07) is 8.97. The van der Waals surface area contributed by atoms with Gasteiger partial charge in [-0.3, -0.25) is 62.9 Å². The van der Waals surface area contributed by atoms with Gasteiger partial charge in [-0.15, -0.1) is 0 Å². The minimum absolute atomic E-state index is 0.0380. The smallest absolute Gasteiger partial charge is 0.417 e. The Labute approximate surface area is 688 Å². The van der Waals surface area contributed by atoms with Gasteiger partial charge in [-0.05, 0) is 142 Å². The average Bonchev–Trinajstić information content (AvgIpc) is 1.53. The highest BCUT2D eigenvalue weighted by Gasteiger charge is 2.42. The van der Waals surface area contributed by atoms with Crippen LogP contribution in [0.3, 0.4) is 0 Å². The van der Waals surface area contributed by atoms with Gasteiger partial charge in [0.25, 0.3) is 11.9 Å². The molecule has 36 nitrogen and oxygen atoms in total. The van der Waals surface area contributed by atoms with Crippen LogP contribution in [0.2, 0.25) is 0 Å². The zero-order valence-electron chi connectivity index (χ0n) is 66.9. The Morgan fingerprint density at radius 2 is 1.29 bits per heavy atom. The molecule has 0 bridgehead atoms. The Bertz CT molecular complexity index is 4750. The first-order valence-corrected chi connectivity index (χ1v) is 40.0. The number of halogens is 4. The number of carboxylic acids is 1. The van der Waals surface area contributed by atoms with E-state index in [0.29, 0.717) is 54.1 Å². The Hall–Kier alpha value is -12.6. The summed E-state index contributed by atoms with van der Waals surface area (Å²) in [5, 5.41) is 84.6. The van der Waals surface area contributed by atoms with E-state index in [9.17, 15) is 94.0 Å². The van der Waals surface area contributed by atoms with Crippen molar-refractivity contribution in [2.45, 2.75) is 190 Å². The number of alkyl halides is 3. The number of aliphatic hydroxyl groups excluding tert-OH is 1. The molecule has 2 aliphatic heterocycles. The van der Waals surface area contributed by atoms with Crippen molar-refractivity contribution in [1.29, 1.82) is 10.7 Å². The zero-order chi connectivity index (χ0) is 88.9. The predicted octanol–water partition coefficient (Wildman–Crippen LogP) is 1.74. The van der Waals surface area contributed by atoms with Crippen molar-refractivity contribution in [3.05, 3.63) is 143 Å². The molecule has 4 heterocycles. The van der Waals surface area contributed by atoms with E-state index in [1.54, 1.807) is 45.2 Å². The molecule has 10 atom stereocenters. The number of phenolic OH excluding ortho intramolecular Hbond substituents is 1. The first kappa shape index (κ1) is 96.3. The van der Waals surface area contributed by atoms with Gasteiger partial charge in [-0.2, -0.15) is 18.4 Å². The third kappa shape index (κ3) is 29.8. The number of phenols is 1. The quantitative estimate of drug-likeness (QED) is 0.00868. The number of hydrogen-bond acceptors (Lipinski definition) is 20. The summed E-state index contributed by atoms with van der Waals surface area (Å²) >= 11 is 0. The number of benzene rings is 4. The monoisotopic (exact) mass is 1700 g/mol. The van der Waals surface area contributed by atoms with Crippen molar-refractivity contribution >= 4 is 103 Å². The molecule has 1 unspecified atom stereocenters. The molecule has 8 rings (SSSR count). The second kappa shape index (κ2) is 44.8. The molecule has 2 fully saturated rings. The van der Waals surface area contributed by atoms with Crippen molar-refractivity contribution < 1.29 is 104 Å². The number of carbonyl (C=O) groups excluding carboxylic acids is 11. The fourth-order valence-electron chi connectivity index (χ4n) is 12.9. The largest absolute Gasteiger partial charge is 0.508 e. The Kier molecular flexibility index (Phi) is 36.0. The SMILES string of the molecule is CC(=O)O.CC(O)(CS(=O)(=O)c1ccc(F)cc1)C(=O)Nc1ccc(C#N)c(C(F)(F)F)c1.CCNC(=O)[C@@H]1CCCN1C(=O)[C@H](CCCNC(=N)N)NC(=O)[C@H](CC(C)C)NC(=O)[C@@H](CC(C)C)NC(=O)[C@H](Cc1ccc(O)cc1)NC(=O)[C@H](CO)NC(=O)[C@H](Cc1c[nH]c2ccccc12)NC(=O)[C@H](Cc1cnc[nH]1)NC(=O)[C@@H]1CCC(=O)N1. The number of aromatic amines is 2. The van der Waals surface area contributed by atoms with Crippen molar-refractivity contribution in [3.8, 4) is 11.8 Å². The molecular weight excluding hydrogens is 1600 g/mol. The number of nitrogens with two attached hydrogens (primary N) is 1. The average molecular weight is 1700 g/mol. The van der Waals surface area contributed by atoms with E-state index < -0.39 is 164 Å². The highest BCUT2D eigenvalue weighted by atomic mass is 32.2. The maximum Gasteiger partial charge on any atom is 0.417 e. The topological polar surface area (TPSA) is 574 Å². The number of nitrogens with zero attached hydrogens (tertiary/aromatic N) is 3. The summed E-state index contributed by atoms with van der Waals surface area (Å²) < 4.78 is 76.6. The van der Waals surface area contributed by atoms with Gasteiger partial charge in [0.2, 0.25) is 59.1 Å². The van der Waals surface area contributed by atoms with E-state index in [1.807, 2.05) is 25.2 Å². The molecule has 4 aromatic carbocycles. The molecule has 120 heavy (non-hydrogen) atoms. The lowest BCUT2D eigenvalue weighted by Crippen LogP contribution is -2.61. The molecule has 6 aromatic rings.